The van der Waals surface area contributed by atoms with E-state index in [9.17, 15) is 10.1 Å². The summed E-state index contributed by atoms with van der Waals surface area (Å²) >= 11 is 1.42. The molecule has 166 valence electrons. The van der Waals surface area contributed by atoms with Gasteiger partial charge in [0.05, 0.1) is 5.75 Å². The molecule has 1 saturated heterocycles. The minimum atomic E-state index is 0.0687. The molecule has 1 aliphatic rings. The van der Waals surface area contributed by atoms with Crippen LogP contribution in [0, 0.1) is 18.3 Å². The number of hydrogen-bond donors (Lipinski definition) is 0. The van der Waals surface area contributed by atoms with Crippen molar-refractivity contribution < 1.29 is 9.21 Å². The van der Waals surface area contributed by atoms with E-state index >= 15 is 0 Å². The molecule has 0 aliphatic carbocycles. The summed E-state index contributed by atoms with van der Waals surface area (Å²) in [4.78, 5) is 20.7. The Kier molecular flexibility index (Phi) is 6.75. The second-order valence-corrected chi connectivity index (χ2v) is 8.40. The van der Waals surface area contributed by atoms with Gasteiger partial charge in [0, 0.05) is 46.1 Å². The largest absolute Gasteiger partial charge is 0.424 e. The van der Waals surface area contributed by atoms with E-state index in [4.69, 9.17) is 4.42 Å². The van der Waals surface area contributed by atoms with Gasteiger partial charge in [0.25, 0.3) is 0 Å². The number of carbonyl (C=O) groups excluding carboxylic acids is 1. The van der Waals surface area contributed by atoms with E-state index in [1.807, 2.05) is 28.0 Å². The number of aryl methyl sites for hydroxylation is 1. The number of carbonyl (C=O) groups is 1. The Morgan fingerprint density at radius 1 is 1.19 bits per heavy atom. The highest BCUT2D eigenvalue weighted by Gasteiger charge is 2.26. The lowest BCUT2D eigenvalue weighted by Crippen LogP contribution is -2.49. The number of nitrogens with zero attached hydrogens (tertiary/aromatic N) is 7. The summed E-state index contributed by atoms with van der Waals surface area (Å²) in [6.07, 6.45) is 0.712. The van der Waals surface area contributed by atoms with Crippen LogP contribution in [0.3, 0.4) is 0 Å². The summed E-state index contributed by atoms with van der Waals surface area (Å²) in [7, 11) is 0. The first kappa shape index (κ1) is 21.9. The molecule has 10 heteroatoms. The predicted octanol–water partition coefficient (Wildman–Crippen LogP) is 2.50. The van der Waals surface area contributed by atoms with E-state index in [1.54, 1.807) is 6.92 Å². The van der Waals surface area contributed by atoms with E-state index in [-0.39, 0.29) is 5.91 Å². The number of thioether (sulfide) groups is 1. The molecule has 2 aromatic heterocycles. The van der Waals surface area contributed by atoms with Crippen LogP contribution < -0.4 is 4.90 Å². The number of rotatable bonds is 7. The number of piperazine rings is 1. The Morgan fingerprint density at radius 2 is 1.94 bits per heavy atom. The summed E-state index contributed by atoms with van der Waals surface area (Å²) in [5.41, 5.74) is 1.48. The second kappa shape index (κ2) is 9.87. The topological polar surface area (TPSA) is 104 Å². The van der Waals surface area contributed by atoms with Gasteiger partial charge in [-0.25, -0.2) is 4.98 Å². The Bertz CT molecular complexity index is 1110. The van der Waals surface area contributed by atoms with Crippen LogP contribution in [0.4, 0.5) is 5.88 Å². The highest BCUT2D eigenvalue weighted by molar-refractivity contribution is 7.99. The highest BCUT2D eigenvalue weighted by Crippen LogP contribution is 2.24. The van der Waals surface area contributed by atoms with Gasteiger partial charge in [-0.1, -0.05) is 42.1 Å². The molecule has 0 bridgehead atoms. The minimum absolute atomic E-state index is 0.0687. The summed E-state index contributed by atoms with van der Waals surface area (Å²) in [5.74, 6) is 2.25. The third kappa shape index (κ3) is 4.78. The fourth-order valence-corrected chi connectivity index (χ4v) is 4.66. The third-order valence-corrected chi connectivity index (χ3v) is 6.33. The monoisotopic (exact) mass is 451 g/mol. The highest BCUT2D eigenvalue weighted by atomic mass is 32.2. The average Bonchev–Trinajstić information content (AvgIpc) is 3.40. The molecule has 0 saturated carbocycles. The van der Waals surface area contributed by atoms with Crippen molar-refractivity contribution in [3.8, 4) is 6.07 Å². The number of hydrogen-bond acceptors (Lipinski definition) is 8. The van der Waals surface area contributed by atoms with Gasteiger partial charge in [0.15, 0.2) is 11.0 Å². The zero-order valence-electron chi connectivity index (χ0n) is 18.2. The quantitative estimate of drug-likeness (QED) is 0.505. The van der Waals surface area contributed by atoms with Crippen molar-refractivity contribution in [2.24, 2.45) is 0 Å². The maximum absolute atomic E-state index is 12.8. The molecule has 0 spiro atoms. The molecule has 0 radical (unpaired) electrons. The molecule has 9 nitrogen and oxygen atoms in total. The Hall–Kier alpha value is -3.32. The second-order valence-electron chi connectivity index (χ2n) is 7.46. The van der Waals surface area contributed by atoms with Gasteiger partial charge >= 0.3 is 0 Å². The van der Waals surface area contributed by atoms with Crippen molar-refractivity contribution in [3.05, 3.63) is 53.3 Å². The Morgan fingerprint density at radius 3 is 2.62 bits per heavy atom. The van der Waals surface area contributed by atoms with Crippen molar-refractivity contribution in [2.45, 2.75) is 32.0 Å². The lowest BCUT2D eigenvalue weighted by Gasteiger charge is -2.34. The number of nitriles is 1. The van der Waals surface area contributed by atoms with Crippen molar-refractivity contribution in [2.75, 3.05) is 36.8 Å². The maximum Gasteiger partial charge on any atom is 0.234 e. The van der Waals surface area contributed by atoms with Crippen LogP contribution in [0.2, 0.25) is 0 Å². The van der Waals surface area contributed by atoms with Crippen LogP contribution >= 0.6 is 11.8 Å². The van der Waals surface area contributed by atoms with Gasteiger partial charge in [-0.15, -0.1) is 10.2 Å². The zero-order chi connectivity index (χ0) is 22.5. The van der Waals surface area contributed by atoms with Crippen LogP contribution in [0.1, 0.15) is 29.9 Å². The summed E-state index contributed by atoms with van der Waals surface area (Å²) < 4.78 is 7.65. The van der Waals surface area contributed by atoms with Crippen LogP contribution in [-0.4, -0.2) is 62.5 Å². The molecule has 3 aromatic rings. The standard InChI is InChI=1S/C22H25N7O2S/c1-3-29-19(13-17-7-5-4-6-8-17)25-26-22(29)32-15-20(30)27-9-11-28(12-10-27)21-18(14-23)24-16(2)31-21/h4-8H,3,9-13,15H2,1-2H3. The lowest BCUT2D eigenvalue weighted by molar-refractivity contribution is -0.128. The molecule has 0 unspecified atom stereocenters. The molecule has 4 rings (SSSR count). The van der Waals surface area contributed by atoms with Crippen LogP contribution in [-0.2, 0) is 17.8 Å². The number of oxazole rings is 1. The van der Waals surface area contributed by atoms with Crippen molar-refractivity contribution in [3.63, 3.8) is 0 Å². The van der Waals surface area contributed by atoms with E-state index in [2.05, 4.69) is 44.9 Å². The molecule has 1 aliphatic heterocycles. The van der Waals surface area contributed by atoms with Gasteiger partial charge in [-0.2, -0.15) is 5.26 Å². The minimum Gasteiger partial charge on any atom is -0.424 e. The molecule has 1 amide bonds. The van der Waals surface area contributed by atoms with Crippen molar-refractivity contribution in [1.29, 1.82) is 5.26 Å². The normalized spacial score (nSPS) is 13.9. The Balaban J connectivity index is 1.32. The summed E-state index contributed by atoms with van der Waals surface area (Å²) in [6.45, 7) is 6.89. The van der Waals surface area contributed by atoms with Gasteiger partial charge < -0.3 is 18.8 Å². The smallest absolute Gasteiger partial charge is 0.234 e. The first-order chi connectivity index (χ1) is 15.6. The van der Waals surface area contributed by atoms with E-state index < -0.39 is 0 Å². The van der Waals surface area contributed by atoms with Crippen molar-refractivity contribution in [1.82, 2.24) is 24.6 Å². The number of aromatic nitrogens is 4. The fourth-order valence-electron chi connectivity index (χ4n) is 3.73. The molecular formula is C22H25N7O2S. The van der Waals surface area contributed by atoms with Gasteiger partial charge in [0.1, 0.15) is 11.9 Å². The third-order valence-electron chi connectivity index (χ3n) is 5.38. The first-order valence-corrected chi connectivity index (χ1v) is 11.6. The molecule has 3 heterocycles. The molecule has 0 N–H and O–H groups in total. The van der Waals surface area contributed by atoms with Gasteiger partial charge in [-0.3, -0.25) is 4.79 Å². The zero-order valence-corrected chi connectivity index (χ0v) is 19.0. The predicted molar refractivity (Wildman–Crippen MR) is 120 cm³/mol. The fraction of sp³-hybridized carbons (Fsp3) is 0.409. The number of amides is 1. The Labute approximate surface area is 191 Å². The number of anilines is 1. The number of benzene rings is 1. The SMILES string of the molecule is CCn1c(Cc2ccccc2)nnc1SCC(=O)N1CCN(c2oc(C)nc2C#N)CC1. The summed E-state index contributed by atoms with van der Waals surface area (Å²) in [5, 5.41) is 18.7. The van der Waals surface area contributed by atoms with E-state index in [1.165, 1.54) is 17.3 Å². The van der Waals surface area contributed by atoms with E-state index in [0.717, 1.165) is 17.5 Å². The van der Waals surface area contributed by atoms with Crippen molar-refractivity contribution >= 4 is 23.6 Å². The average molecular weight is 452 g/mol. The summed E-state index contributed by atoms with van der Waals surface area (Å²) in [6, 6.07) is 12.2. The molecule has 0 atom stereocenters. The molecular weight excluding hydrogens is 426 g/mol. The van der Waals surface area contributed by atoms with Crippen LogP contribution in [0.25, 0.3) is 0 Å². The van der Waals surface area contributed by atoms with E-state index in [0.29, 0.717) is 55.8 Å². The van der Waals surface area contributed by atoms with Crippen LogP contribution in [0.5, 0.6) is 0 Å². The van der Waals surface area contributed by atoms with Gasteiger partial charge in [0.2, 0.25) is 17.5 Å². The lowest BCUT2D eigenvalue weighted by atomic mass is 10.1. The molecule has 32 heavy (non-hydrogen) atoms. The molecule has 1 fully saturated rings. The maximum atomic E-state index is 12.8. The first-order valence-electron chi connectivity index (χ1n) is 10.6. The van der Waals surface area contributed by atoms with Crippen LogP contribution in [0.15, 0.2) is 39.9 Å². The van der Waals surface area contributed by atoms with Gasteiger partial charge in [-0.05, 0) is 12.5 Å². The molecule has 1 aromatic carbocycles.